The van der Waals surface area contributed by atoms with E-state index in [1.165, 1.54) is 11.8 Å². The van der Waals surface area contributed by atoms with E-state index in [-0.39, 0.29) is 5.12 Å². The minimum atomic E-state index is 0.105. The molecule has 0 bridgehead atoms. The van der Waals surface area contributed by atoms with Crippen molar-refractivity contribution in [3.05, 3.63) is 20.9 Å². The van der Waals surface area contributed by atoms with Crippen molar-refractivity contribution in [2.75, 3.05) is 157 Å². The molecule has 0 atom stereocenters. The Bertz CT molecular complexity index is 692. The van der Waals surface area contributed by atoms with Crippen LogP contribution in [0.25, 0.3) is 20.9 Å². The fourth-order valence-corrected chi connectivity index (χ4v) is 3.19. The molecule has 0 rings (SSSR count). The molecule has 0 aromatic rings. The molecule has 0 aliphatic carbocycles. The highest BCUT2D eigenvalue weighted by Gasteiger charge is 1.96. The molecule has 0 fully saturated rings. The van der Waals surface area contributed by atoms with Crippen LogP contribution in [0.4, 0.5) is 0 Å². The maximum atomic E-state index is 10.7. The summed E-state index contributed by atoms with van der Waals surface area (Å²) in [5, 5.41) is 6.80. The molecule has 45 heavy (non-hydrogen) atoms. The van der Waals surface area contributed by atoms with Crippen molar-refractivity contribution in [3.8, 4) is 0 Å². The number of ether oxygens (including phenoxy) is 10. The summed E-state index contributed by atoms with van der Waals surface area (Å²) in [6.45, 7) is 12.5. The van der Waals surface area contributed by atoms with Crippen LogP contribution in [0.1, 0.15) is 6.92 Å². The molecule has 19 heteroatoms. The minimum absolute atomic E-state index is 0.105. The van der Waals surface area contributed by atoms with Crippen molar-refractivity contribution in [2.24, 2.45) is 10.2 Å². The highest BCUT2D eigenvalue weighted by molar-refractivity contribution is 8.13. The van der Waals surface area contributed by atoms with Gasteiger partial charge in [-0.05, 0) is 11.1 Å². The van der Waals surface area contributed by atoms with Gasteiger partial charge < -0.3 is 47.4 Å². The van der Waals surface area contributed by atoms with Crippen molar-refractivity contribution < 1.29 is 52.2 Å². The summed E-state index contributed by atoms with van der Waals surface area (Å²) in [5.41, 5.74) is 16.1. The van der Waals surface area contributed by atoms with Gasteiger partial charge in [-0.15, -0.1) is 0 Å². The van der Waals surface area contributed by atoms with Gasteiger partial charge in [0.05, 0.1) is 132 Å². The fraction of sp³-hybridized carbons (Fsp3) is 0.962. The van der Waals surface area contributed by atoms with E-state index in [0.29, 0.717) is 151 Å². The molecule has 0 saturated heterocycles. The molecule has 0 radical (unpaired) electrons. The molecule has 264 valence electrons. The first-order valence-electron chi connectivity index (χ1n) is 14.7. The molecule has 17 nitrogen and oxygen atoms in total. The second kappa shape index (κ2) is 44.7. The van der Waals surface area contributed by atoms with Crippen molar-refractivity contribution >= 4 is 29.5 Å². The molecule has 0 amide bonds. The summed E-state index contributed by atoms with van der Waals surface area (Å²) in [7, 11) is 0. The topological polar surface area (TPSA) is 207 Å². The van der Waals surface area contributed by atoms with Crippen LogP contribution in [0, 0.1) is 0 Å². The van der Waals surface area contributed by atoms with Gasteiger partial charge in [-0.2, -0.15) is 12.6 Å². The third-order valence-corrected chi connectivity index (χ3v) is 5.50. The van der Waals surface area contributed by atoms with Crippen LogP contribution in [0.5, 0.6) is 0 Å². The fourth-order valence-electron chi connectivity index (χ4n) is 2.57. The van der Waals surface area contributed by atoms with E-state index in [0.717, 1.165) is 5.75 Å². The average Bonchev–Trinajstić information content (AvgIpc) is 3.04. The number of rotatable bonds is 35. The quantitative estimate of drug-likeness (QED) is 0.0335. The number of hydrogen-bond acceptors (Lipinski definition) is 15. The molecule has 0 unspecified atom stereocenters. The first-order valence-corrected chi connectivity index (χ1v) is 16.3. The lowest BCUT2D eigenvalue weighted by molar-refractivity contribution is -0.109. The molecule has 0 aromatic carbocycles. The van der Waals surface area contributed by atoms with Crippen molar-refractivity contribution in [2.45, 2.75) is 6.92 Å². The maximum Gasteiger partial charge on any atom is 0.185 e. The minimum Gasteiger partial charge on any atom is -0.379 e. The Hall–Kier alpha value is -1.41. The zero-order valence-corrected chi connectivity index (χ0v) is 28.2. The van der Waals surface area contributed by atoms with Crippen molar-refractivity contribution in [1.29, 1.82) is 0 Å². The van der Waals surface area contributed by atoms with E-state index >= 15 is 0 Å². The molecule has 0 aliphatic rings. The van der Waals surface area contributed by atoms with E-state index in [2.05, 4.69) is 32.7 Å². The number of azide groups is 2. The van der Waals surface area contributed by atoms with E-state index in [1.807, 2.05) is 0 Å². The first kappa shape index (κ1) is 45.7. The van der Waals surface area contributed by atoms with Crippen LogP contribution in [-0.2, 0) is 52.2 Å². The zero-order valence-electron chi connectivity index (χ0n) is 26.5. The number of carbonyl (C=O) groups is 1. The van der Waals surface area contributed by atoms with E-state index in [1.54, 1.807) is 6.92 Å². The number of thioether (sulfide) groups is 1. The number of carbonyl (C=O) groups excluding carboxylic acids is 1. The number of nitrogens with zero attached hydrogens (tertiary/aromatic N) is 6. The molecular weight excluding hydrogens is 636 g/mol. The van der Waals surface area contributed by atoms with Crippen molar-refractivity contribution in [3.63, 3.8) is 0 Å². The molecular formula is C26H52N6O11S2. The Morgan fingerprint density at radius 1 is 0.511 bits per heavy atom. The molecule has 0 aliphatic heterocycles. The first-order chi connectivity index (χ1) is 22.2. The predicted octanol–water partition coefficient (Wildman–Crippen LogP) is 2.97. The lowest BCUT2D eigenvalue weighted by atomic mass is 10.7. The Morgan fingerprint density at radius 2 is 0.778 bits per heavy atom. The monoisotopic (exact) mass is 688 g/mol. The van der Waals surface area contributed by atoms with Crippen LogP contribution in [0.3, 0.4) is 0 Å². The zero-order chi connectivity index (χ0) is 33.2. The summed E-state index contributed by atoms with van der Waals surface area (Å²) >= 11 is 5.29. The molecule has 0 saturated carbocycles. The Labute approximate surface area is 276 Å². The third-order valence-electron chi connectivity index (χ3n) is 4.54. The van der Waals surface area contributed by atoms with Gasteiger partial charge in [0.15, 0.2) is 5.12 Å². The number of thiol groups is 1. The van der Waals surface area contributed by atoms with Crippen molar-refractivity contribution in [1.82, 2.24) is 0 Å². The van der Waals surface area contributed by atoms with Crippen LogP contribution in [0.15, 0.2) is 10.2 Å². The smallest absolute Gasteiger partial charge is 0.185 e. The van der Waals surface area contributed by atoms with Crippen LogP contribution < -0.4 is 0 Å². The van der Waals surface area contributed by atoms with Gasteiger partial charge >= 0.3 is 0 Å². The van der Waals surface area contributed by atoms with E-state index in [4.69, 9.17) is 58.4 Å². The summed E-state index contributed by atoms with van der Waals surface area (Å²) in [6, 6.07) is 0. The third kappa shape index (κ3) is 49.7. The standard InChI is InChI=1S/C14H27N3O6S.C12H25N3O5S/c1-14(18)24-13-12-23-11-10-22-9-8-21-7-6-20-5-4-19-3-2-16-17-15;13-15-14-1-2-16-3-4-17-5-6-18-7-8-19-9-10-20-11-12-21/h2-13H2,1H3;21H,1-12H2. The Kier molecular flexibility index (Phi) is 45.4. The average molecular weight is 689 g/mol. The van der Waals surface area contributed by atoms with Crippen LogP contribution >= 0.6 is 24.4 Å². The second-order valence-electron chi connectivity index (χ2n) is 8.10. The van der Waals surface area contributed by atoms with Gasteiger partial charge in [-0.1, -0.05) is 22.0 Å². The van der Waals surface area contributed by atoms with Gasteiger partial charge in [-0.3, -0.25) is 4.79 Å². The van der Waals surface area contributed by atoms with Gasteiger partial charge in [0.2, 0.25) is 0 Å². The van der Waals surface area contributed by atoms with E-state index in [9.17, 15) is 4.79 Å². The highest BCUT2D eigenvalue weighted by Crippen LogP contribution is 1.99. The second-order valence-corrected chi connectivity index (χ2v) is 9.82. The lowest BCUT2D eigenvalue weighted by Crippen LogP contribution is -2.13. The van der Waals surface area contributed by atoms with Crippen LogP contribution in [-0.4, -0.2) is 162 Å². The Morgan fingerprint density at radius 3 is 1.04 bits per heavy atom. The van der Waals surface area contributed by atoms with Gasteiger partial charge in [0.25, 0.3) is 0 Å². The van der Waals surface area contributed by atoms with E-state index < -0.39 is 0 Å². The van der Waals surface area contributed by atoms with Gasteiger partial charge in [-0.25, -0.2) is 0 Å². The van der Waals surface area contributed by atoms with Gasteiger partial charge in [0, 0.05) is 41.3 Å². The summed E-state index contributed by atoms with van der Waals surface area (Å²) in [6.07, 6.45) is 0. The van der Waals surface area contributed by atoms with Crippen LogP contribution in [0.2, 0.25) is 0 Å². The summed E-state index contributed by atoms with van der Waals surface area (Å²) in [5.74, 6) is 1.40. The number of hydrogen-bond donors (Lipinski definition) is 1. The highest BCUT2D eigenvalue weighted by atomic mass is 32.2. The lowest BCUT2D eigenvalue weighted by Gasteiger charge is -2.07. The summed E-state index contributed by atoms with van der Waals surface area (Å²) in [4.78, 5) is 15.9. The Balaban J connectivity index is 0. The predicted molar refractivity (Wildman–Crippen MR) is 173 cm³/mol. The molecule has 0 heterocycles. The summed E-state index contributed by atoms with van der Waals surface area (Å²) < 4.78 is 52.7. The molecule has 0 spiro atoms. The SMILES string of the molecule is CC(=O)SCCOCCOCCOCCOCCOCCN=[N+]=[N-].[N-]=[N+]=NCCOCCOCCOCCOCCOCCS. The normalized spacial score (nSPS) is 10.5. The maximum absolute atomic E-state index is 10.7. The molecule has 0 N–H and O–H groups in total. The molecule has 0 aromatic heterocycles. The largest absolute Gasteiger partial charge is 0.379 e. The van der Waals surface area contributed by atoms with Gasteiger partial charge in [0.1, 0.15) is 0 Å².